The number of likely N-dealkylation sites (tertiary alicyclic amines) is 1. The second-order valence-corrected chi connectivity index (χ2v) is 10.2. The quantitative estimate of drug-likeness (QED) is 0.453. The van der Waals surface area contributed by atoms with E-state index in [0.717, 1.165) is 35.5 Å². The van der Waals surface area contributed by atoms with E-state index in [2.05, 4.69) is 47.6 Å². The van der Waals surface area contributed by atoms with Gasteiger partial charge in [-0.3, -0.25) is 0 Å². The second kappa shape index (κ2) is 8.96. The van der Waals surface area contributed by atoms with Gasteiger partial charge in [-0.25, -0.2) is 4.98 Å². The Hall–Kier alpha value is -1.84. The Morgan fingerprint density at radius 1 is 0.935 bits per heavy atom. The highest BCUT2D eigenvalue weighted by molar-refractivity contribution is 6.30. The van der Waals surface area contributed by atoms with Crippen LogP contribution in [0.25, 0.3) is 11.0 Å². The van der Waals surface area contributed by atoms with E-state index in [1.54, 1.807) is 0 Å². The summed E-state index contributed by atoms with van der Waals surface area (Å²) in [5, 5.41) is 0.792. The van der Waals surface area contributed by atoms with E-state index in [0.29, 0.717) is 0 Å². The van der Waals surface area contributed by atoms with E-state index in [1.807, 2.05) is 12.1 Å². The summed E-state index contributed by atoms with van der Waals surface area (Å²) in [7, 11) is 0. The molecule has 0 unspecified atom stereocenters. The first-order valence-corrected chi connectivity index (χ1v) is 12.4. The van der Waals surface area contributed by atoms with Crippen molar-refractivity contribution in [2.24, 2.45) is 5.92 Å². The molecule has 2 heterocycles. The molecule has 1 aliphatic heterocycles. The summed E-state index contributed by atoms with van der Waals surface area (Å²) >= 11 is 6.12. The summed E-state index contributed by atoms with van der Waals surface area (Å²) in [6.45, 7) is 7.78. The molecule has 0 radical (unpaired) electrons. The molecule has 164 valence electrons. The van der Waals surface area contributed by atoms with Gasteiger partial charge in [0.2, 0.25) is 0 Å². The monoisotopic (exact) mass is 435 g/mol. The summed E-state index contributed by atoms with van der Waals surface area (Å²) in [6.07, 6.45) is 9.38. The number of rotatable bonds is 5. The molecule has 1 aromatic heterocycles. The number of hydrogen-bond donors (Lipinski definition) is 0. The molecule has 3 aromatic rings. The first-order valence-electron chi connectivity index (χ1n) is 12.0. The van der Waals surface area contributed by atoms with Gasteiger partial charge in [0.15, 0.2) is 0 Å². The van der Waals surface area contributed by atoms with Gasteiger partial charge in [-0.2, -0.15) is 0 Å². The van der Waals surface area contributed by atoms with Crippen molar-refractivity contribution in [1.29, 1.82) is 0 Å². The van der Waals surface area contributed by atoms with Crippen LogP contribution < -0.4 is 0 Å². The molecule has 2 aliphatic rings. The van der Waals surface area contributed by atoms with Gasteiger partial charge in [-0.15, -0.1) is 0 Å². The third-order valence-corrected chi connectivity index (χ3v) is 7.91. The van der Waals surface area contributed by atoms with Crippen LogP contribution >= 0.6 is 11.6 Å². The largest absolute Gasteiger partial charge is 0.323 e. The maximum absolute atomic E-state index is 6.12. The van der Waals surface area contributed by atoms with Crippen molar-refractivity contribution >= 4 is 22.6 Å². The number of benzene rings is 2. The highest BCUT2D eigenvalue weighted by Crippen LogP contribution is 2.30. The molecule has 1 saturated carbocycles. The van der Waals surface area contributed by atoms with E-state index in [-0.39, 0.29) is 0 Å². The molecule has 0 bridgehead atoms. The van der Waals surface area contributed by atoms with Gasteiger partial charge in [0, 0.05) is 24.0 Å². The van der Waals surface area contributed by atoms with Crippen molar-refractivity contribution < 1.29 is 0 Å². The molecule has 0 amide bonds. The van der Waals surface area contributed by atoms with Gasteiger partial charge < -0.3 is 9.47 Å². The van der Waals surface area contributed by atoms with Gasteiger partial charge in [-0.1, -0.05) is 36.6 Å². The van der Waals surface area contributed by atoms with Gasteiger partial charge in [0.25, 0.3) is 0 Å². The van der Waals surface area contributed by atoms with Crippen LogP contribution in [0.3, 0.4) is 0 Å². The molecule has 2 aromatic carbocycles. The zero-order valence-electron chi connectivity index (χ0n) is 18.9. The number of aromatic nitrogens is 2. The number of aryl methyl sites for hydroxylation is 2. The van der Waals surface area contributed by atoms with Gasteiger partial charge in [0.05, 0.1) is 11.0 Å². The Kier molecular flexibility index (Phi) is 6.08. The van der Waals surface area contributed by atoms with E-state index in [4.69, 9.17) is 16.6 Å². The predicted molar refractivity (Wildman–Crippen MR) is 130 cm³/mol. The van der Waals surface area contributed by atoms with Crippen LogP contribution in [0.5, 0.6) is 0 Å². The van der Waals surface area contributed by atoms with Crippen molar-refractivity contribution in [2.45, 2.75) is 71.4 Å². The molecule has 2 fully saturated rings. The lowest BCUT2D eigenvalue weighted by Gasteiger charge is -2.36. The van der Waals surface area contributed by atoms with Crippen LogP contribution in [-0.4, -0.2) is 33.6 Å². The lowest BCUT2D eigenvalue weighted by molar-refractivity contribution is 0.133. The number of halogens is 1. The average Bonchev–Trinajstić information content (AvgIpc) is 3.40. The van der Waals surface area contributed by atoms with Crippen molar-refractivity contribution in [3.63, 3.8) is 0 Å². The molecule has 0 spiro atoms. The third kappa shape index (κ3) is 4.54. The Morgan fingerprint density at radius 2 is 1.61 bits per heavy atom. The molecule has 0 atom stereocenters. The maximum atomic E-state index is 6.12. The molecule has 0 N–H and O–H groups in total. The summed E-state index contributed by atoms with van der Waals surface area (Å²) < 4.78 is 2.45. The Balaban J connectivity index is 1.38. The van der Waals surface area contributed by atoms with Crippen LogP contribution in [0, 0.1) is 19.8 Å². The summed E-state index contributed by atoms with van der Waals surface area (Å²) in [5.74, 6) is 1.98. The summed E-state index contributed by atoms with van der Waals surface area (Å²) in [6, 6.07) is 13.7. The number of fused-ring (bicyclic) bond motifs is 1. The number of imidazole rings is 1. The molecular formula is C27H34ClN3. The lowest BCUT2D eigenvalue weighted by Crippen LogP contribution is -2.40. The normalized spacial score (nSPS) is 18.9. The van der Waals surface area contributed by atoms with Crippen LogP contribution in [0.1, 0.15) is 61.0 Å². The zero-order valence-corrected chi connectivity index (χ0v) is 19.7. The molecule has 1 aliphatic carbocycles. The van der Waals surface area contributed by atoms with Crippen molar-refractivity contribution in [3.8, 4) is 0 Å². The minimum Gasteiger partial charge on any atom is -0.323 e. The van der Waals surface area contributed by atoms with E-state index in [1.165, 1.54) is 79.6 Å². The topological polar surface area (TPSA) is 21.1 Å². The molecule has 5 rings (SSSR count). The SMILES string of the molecule is Cc1cc2nc(CC3CCN(C4CCCC4)CC3)n(Cc3ccc(Cl)cc3)c2cc1C. The van der Waals surface area contributed by atoms with Crippen LogP contribution in [-0.2, 0) is 13.0 Å². The minimum atomic E-state index is 0.737. The van der Waals surface area contributed by atoms with Gasteiger partial charge in [0.1, 0.15) is 5.82 Å². The van der Waals surface area contributed by atoms with Gasteiger partial charge >= 0.3 is 0 Å². The lowest BCUT2D eigenvalue weighted by atomic mass is 9.92. The predicted octanol–water partition coefficient (Wildman–Crippen LogP) is 6.55. The standard InChI is InChI=1S/C27H34ClN3/c1-19-15-25-26(16-20(19)2)31(18-22-7-9-23(28)10-8-22)27(29-25)17-21-11-13-30(14-12-21)24-5-3-4-6-24/h7-10,15-16,21,24H,3-6,11-14,17-18H2,1-2H3. The number of hydrogen-bond acceptors (Lipinski definition) is 2. The minimum absolute atomic E-state index is 0.737. The van der Waals surface area contributed by atoms with Crippen LogP contribution in [0.4, 0.5) is 0 Å². The smallest absolute Gasteiger partial charge is 0.110 e. The Labute approximate surface area is 191 Å². The maximum Gasteiger partial charge on any atom is 0.110 e. The van der Waals surface area contributed by atoms with Crippen molar-refractivity contribution in [3.05, 3.63) is 63.9 Å². The highest BCUT2D eigenvalue weighted by Gasteiger charge is 2.28. The van der Waals surface area contributed by atoms with Crippen LogP contribution in [0.2, 0.25) is 5.02 Å². The number of piperidine rings is 1. The fraction of sp³-hybridized carbons (Fsp3) is 0.519. The van der Waals surface area contributed by atoms with E-state index in [9.17, 15) is 0 Å². The molecular weight excluding hydrogens is 402 g/mol. The van der Waals surface area contributed by atoms with Crippen molar-refractivity contribution in [2.75, 3.05) is 13.1 Å². The van der Waals surface area contributed by atoms with E-state index < -0.39 is 0 Å². The molecule has 4 heteroatoms. The summed E-state index contributed by atoms with van der Waals surface area (Å²) in [4.78, 5) is 7.91. The van der Waals surface area contributed by atoms with Crippen molar-refractivity contribution in [1.82, 2.24) is 14.5 Å². The molecule has 31 heavy (non-hydrogen) atoms. The third-order valence-electron chi connectivity index (χ3n) is 7.66. The Morgan fingerprint density at radius 3 is 2.32 bits per heavy atom. The first kappa shape index (κ1) is 21.0. The second-order valence-electron chi connectivity index (χ2n) is 9.79. The fourth-order valence-electron chi connectivity index (χ4n) is 5.58. The average molecular weight is 436 g/mol. The number of nitrogens with zero attached hydrogens (tertiary/aromatic N) is 3. The molecule has 3 nitrogen and oxygen atoms in total. The van der Waals surface area contributed by atoms with Crippen LogP contribution in [0.15, 0.2) is 36.4 Å². The molecule has 1 saturated heterocycles. The fourth-order valence-corrected chi connectivity index (χ4v) is 5.71. The van der Waals surface area contributed by atoms with E-state index >= 15 is 0 Å². The highest BCUT2D eigenvalue weighted by atomic mass is 35.5. The summed E-state index contributed by atoms with van der Waals surface area (Å²) in [5.41, 5.74) is 6.33. The zero-order chi connectivity index (χ0) is 21.4. The Bertz CT molecular complexity index is 1040. The van der Waals surface area contributed by atoms with Gasteiger partial charge in [-0.05, 0) is 99.5 Å². The first-order chi connectivity index (χ1) is 15.1.